The van der Waals surface area contributed by atoms with Gasteiger partial charge in [-0.1, -0.05) is 59.6 Å². The molecule has 7 nitrogen and oxygen atoms in total. The van der Waals surface area contributed by atoms with Crippen LogP contribution in [0.4, 0.5) is 5.69 Å². The minimum Gasteiger partial charge on any atom is -0.317 e. The van der Waals surface area contributed by atoms with E-state index in [1.807, 2.05) is 26.0 Å². The van der Waals surface area contributed by atoms with Crippen molar-refractivity contribution in [3.63, 3.8) is 0 Å². The number of amides is 1. The predicted octanol–water partition coefficient (Wildman–Crippen LogP) is 6.36. The first kappa shape index (κ1) is 28.4. The summed E-state index contributed by atoms with van der Waals surface area (Å²) in [7, 11) is -4.12. The number of aryl methyl sites for hydroxylation is 3. The molecule has 1 aromatic heterocycles. The van der Waals surface area contributed by atoms with Crippen LogP contribution in [-0.2, 0) is 14.8 Å². The van der Waals surface area contributed by atoms with E-state index in [-0.39, 0.29) is 15.6 Å². The molecule has 202 valence electrons. The Balaban J connectivity index is 1.59. The van der Waals surface area contributed by atoms with E-state index in [4.69, 9.17) is 23.2 Å². The van der Waals surface area contributed by atoms with Gasteiger partial charge in [0, 0.05) is 22.0 Å². The number of para-hydroxylation sites is 1. The Morgan fingerprint density at radius 2 is 1.62 bits per heavy atom. The number of hydrogen-bond acceptors (Lipinski definition) is 4. The third-order valence-electron chi connectivity index (χ3n) is 6.32. The zero-order valence-electron chi connectivity index (χ0n) is 21.9. The lowest BCUT2D eigenvalue weighted by molar-refractivity contribution is -0.119. The summed E-state index contributed by atoms with van der Waals surface area (Å²) in [6, 6.07) is 20.4. The molecule has 0 aliphatic carbocycles. The van der Waals surface area contributed by atoms with Crippen LogP contribution in [0.3, 0.4) is 0 Å². The van der Waals surface area contributed by atoms with Crippen LogP contribution in [0.15, 0.2) is 82.8 Å². The average Bonchev–Trinajstić information content (AvgIpc) is 3.16. The Labute approximate surface area is 238 Å². The van der Waals surface area contributed by atoms with Crippen molar-refractivity contribution in [2.24, 2.45) is 5.10 Å². The first-order chi connectivity index (χ1) is 18.5. The summed E-state index contributed by atoms with van der Waals surface area (Å²) < 4.78 is 30.1. The van der Waals surface area contributed by atoms with E-state index in [2.05, 4.69) is 41.1 Å². The summed E-state index contributed by atoms with van der Waals surface area (Å²) in [6.07, 6.45) is 1.55. The number of anilines is 1. The van der Waals surface area contributed by atoms with Gasteiger partial charge < -0.3 is 4.57 Å². The highest BCUT2D eigenvalue weighted by Gasteiger charge is 2.28. The van der Waals surface area contributed by atoms with Gasteiger partial charge >= 0.3 is 0 Å². The Hall–Kier alpha value is -3.59. The Kier molecular flexibility index (Phi) is 8.49. The van der Waals surface area contributed by atoms with Crippen LogP contribution in [0.1, 0.15) is 28.1 Å². The Morgan fingerprint density at radius 3 is 2.26 bits per heavy atom. The largest absolute Gasteiger partial charge is 0.317 e. The Morgan fingerprint density at radius 1 is 0.949 bits per heavy atom. The van der Waals surface area contributed by atoms with Crippen LogP contribution in [0, 0.1) is 27.7 Å². The van der Waals surface area contributed by atoms with Gasteiger partial charge in [-0.2, -0.15) is 5.10 Å². The number of carbonyl (C=O) groups excluding carboxylic acids is 1. The lowest BCUT2D eigenvalue weighted by atomic mass is 10.1. The van der Waals surface area contributed by atoms with Gasteiger partial charge in [-0.3, -0.25) is 9.10 Å². The zero-order valence-corrected chi connectivity index (χ0v) is 24.3. The maximum atomic E-state index is 13.5. The van der Waals surface area contributed by atoms with Crippen LogP contribution in [0.25, 0.3) is 5.69 Å². The van der Waals surface area contributed by atoms with Crippen molar-refractivity contribution < 1.29 is 13.2 Å². The topological polar surface area (TPSA) is 83.8 Å². The van der Waals surface area contributed by atoms with E-state index < -0.39 is 22.5 Å². The molecule has 1 N–H and O–H groups in total. The second kappa shape index (κ2) is 11.7. The van der Waals surface area contributed by atoms with E-state index in [1.165, 1.54) is 30.3 Å². The second-order valence-electron chi connectivity index (χ2n) is 9.12. The number of hydrazone groups is 1. The fourth-order valence-electron chi connectivity index (χ4n) is 4.46. The number of nitrogens with one attached hydrogen (secondary N) is 1. The molecule has 39 heavy (non-hydrogen) atoms. The first-order valence-electron chi connectivity index (χ1n) is 12.1. The molecule has 1 heterocycles. The van der Waals surface area contributed by atoms with Gasteiger partial charge in [0.15, 0.2) is 0 Å². The lowest BCUT2D eigenvalue weighted by Crippen LogP contribution is -2.39. The molecule has 0 bridgehead atoms. The zero-order chi connectivity index (χ0) is 28.3. The maximum absolute atomic E-state index is 13.5. The molecule has 4 aromatic rings. The molecule has 0 unspecified atom stereocenters. The SMILES string of the molecule is Cc1cccc(C)c1-n1c(C)cc(/C=N/NC(=O)CN(c2ccc(Cl)cc2Cl)S(=O)(=O)c2ccccc2)c1C. The van der Waals surface area contributed by atoms with Crippen molar-refractivity contribution in [3.05, 3.63) is 111 Å². The average molecular weight is 584 g/mol. The Bertz CT molecular complexity index is 1650. The summed E-state index contributed by atoms with van der Waals surface area (Å²) in [5.41, 5.74) is 8.79. The van der Waals surface area contributed by atoms with Crippen molar-refractivity contribution in [1.82, 2.24) is 9.99 Å². The molecule has 4 rings (SSSR count). The number of hydrogen-bond donors (Lipinski definition) is 1. The number of nitrogens with zero attached hydrogens (tertiary/aromatic N) is 3. The summed E-state index contributed by atoms with van der Waals surface area (Å²) in [5, 5.41) is 4.56. The van der Waals surface area contributed by atoms with Crippen LogP contribution in [-0.4, -0.2) is 31.7 Å². The molecule has 3 aromatic carbocycles. The van der Waals surface area contributed by atoms with Gasteiger partial charge in [-0.25, -0.2) is 13.8 Å². The molecule has 1 amide bonds. The third-order valence-corrected chi connectivity index (χ3v) is 8.63. The molecular weight excluding hydrogens is 555 g/mol. The molecule has 0 fully saturated rings. The molecular formula is C29H28Cl2N4O3S. The molecule has 0 spiro atoms. The van der Waals surface area contributed by atoms with E-state index >= 15 is 0 Å². The highest BCUT2D eigenvalue weighted by Crippen LogP contribution is 2.32. The minimum absolute atomic E-state index is 0.0197. The van der Waals surface area contributed by atoms with Crippen molar-refractivity contribution in [2.75, 3.05) is 10.8 Å². The summed E-state index contributed by atoms with van der Waals surface area (Å²) in [6.45, 7) is 7.59. The number of benzene rings is 3. The van der Waals surface area contributed by atoms with E-state index in [0.29, 0.717) is 5.02 Å². The quantitative estimate of drug-likeness (QED) is 0.194. The molecule has 0 aliphatic heterocycles. The molecule has 0 saturated heterocycles. The highest BCUT2D eigenvalue weighted by molar-refractivity contribution is 7.92. The maximum Gasteiger partial charge on any atom is 0.264 e. The number of sulfonamides is 1. The summed E-state index contributed by atoms with van der Waals surface area (Å²) in [4.78, 5) is 13.0. The third kappa shape index (κ3) is 6.03. The van der Waals surface area contributed by atoms with Crippen molar-refractivity contribution in [3.8, 4) is 5.69 Å². The minimum atomic E-state index is -4.12. The first-order valence-corrected chi connectivity index (χ1v) is 14.3. The number of rotatable bonds is 8. The molecule has 0 saturated carbocycles. The van der Waals surface area contributed by atoms with Crippen LogP contribution in [0.2, 0.25) is 10.0 Å². The van der Waals surface area contributed by atoms with E-state index in [0.717, 1.165) is 38.1 Å². The molecule has 0 radical (unpaired) electrons. The normalized spacial score (nSPS) is 11.6. The van der Waals surface area contributed by atoms with E-state index in [9.17, 15) is 13.2 Å². The molecule has 0 atom stereocenters. The second-order valence-corrected chi connectivity index (χ2v) is 11.8. The fraction of sp³-hybridized carbons (Fsp3) is 0.172. The van der Waals surface area contributed by atoms with Crippen molar-refractivity contribution >= 4 is 51.0 Å². The van der Waals surface area contributed by atoms with Crippen LogP contribution >= 0.6 is 23.2 Å². The van der Waals surface area contributed by atoms with Crippen molar-refractivity contribution in [2.45, 2.75) is 32.6 Å². The standard InChI is InChI=1S/C29H28Cl2N4O3S/c1-19-9-8-10-20(2)29(19)35-21(3)15-23(22(35)4)17-32-33-28(36)18-34(27-14-13-24(30)16-26(27)31)39(37,38)25-11-6-5-7-12-25/h5-17H,18H2,1-4H3,(H,33,36)/b32-17+. The van der Waals surface area contributed by atoms with E-state index in [1.54, 1.807) is 24.4 Å². The summed E-state index contributed by atoms with van der Waals surface area (Å²) in [5.74, 6) is -0.639. The number of aromatic nitrogens is 1. The van der Waals surface area contributed by atoms with Gasteiger partial charge in [0.1, 0.15) is 6.54 Å². The molecule has 10 heteroatoms. The monoisotopic (exact) mass is 582 g/mol. The predicted molar refractivity (Wildman–Crippen MR) is 158 cm³/mol. The summed E-state index contributed by atoms with van der Waals surface area (Å²) >= 11 is 12.4. The molecule has 0 aliphatic rings. The van der Waals surface area contributed by atoms with Gasteiger partial charge in [0.2, 0.25) is 0 Å². The highest BCUT2D eigenvalue weighted by atomic mass is 35.5. The smallest absolute Gasteiger partial charge is 0.264 e. The number of carbonyl (C=O) groups is 1. The lowest BCUT2D eigenvalue weighted by Gasteiger charge is -2.24. The van der Waals surface area contributed by atoms with Gasteiger partial charge in [-0.15, -0.1) is 0 Å². The van der Waals surface area contributed by atoms with Crippen LogP contribution in [0.5, 0.6) is 0 Å². The van der Waals surface area contributed by atoms with Crippen molar-refractivity contribution in [1.29, 1.82) is 0 Å². The number of halogens is 2. The van der Waals surface area contributed by atoms with Gasteiger partial charge in [0.05, 0.1) is 27.5 Å². The van der Waals surface area contributed by atoms with Crippen LogP contribution < -0.4 is 9.73 Å². The van der Waals surface area contributed by atoms with Gasteiger partial charge in [-0.05, 0) is 75.2 Å². The fourth-order valence-corrected chi connectivity index (χ4v) is 6.48. The van der Waals surface area contributed by atoms with Gasteiger partial charge in [0.25, 0.3) is 15.9 Å².